The Hall–Kier alpha value is -1.76. The molecule has 112 valence electrons. The van der Waals surface area contributed by atoms with E-state index in [9.17, 15) is 4.79 Å². The van der Waals surface area contributed by atoms with Crippen LogP contribution in [-0.2, 0) is 13.0 Å². The molecule has 3 aromatic rings. The number of hydrogen-bond acceptors (Lipinski definition) is 5. The van der Waals surface area contributed by atoms with Crippen LogP contribution in [0.25, 0.3) is 10.2 Å². The second-order valence-corrected chi connectivity index (χ2v) is 7.18. The lowest BCUT2D eigenvalue weighted by Crippen LogP contribution is -2.23. The van der Waals surface area contributed by atoms with Crippen molar-refractivity contribution in [2.24, 2.45) is 0 Å². The Balaban J connectivity index is 1.52. The summed E-state index contributed by atoms with van der Waals surface area (Å²) in [6.45, 7) is 2.01. The zero-order valence-electron chi connectivity index (χ0n) is 11.8. The monoisotopic (exact) mass is 329 g/mol. The summed E-state index contributed by atoms with van der Waals surface area (Å²) in [5.74, 6) is 0. The highest BCUT2D eigenvalue weighted by Crippen LogP contribution is 2.27. The predicted octanol–water partition coefficient (Wildman–Crippen LogP) is 3.35. The van der Waals surface area contributed by atoms with Crippen molar-refractivity contribution in [3.05, 3.63) is 57.2 Å². The van der Waals surface area contributed by atoms with Crippen molar-refractivity contribution in [1.82, 2.24) is 10.3 Å². The van der Waals surface area contributed by atoms with Crippen LogP contribution in [0.15, 0.2) is 46.1 Å². The van der Waals surface area contributed by atoms with E-state index in [1.165, 1.54) is 22.5 Å². The molecule has 22 heavy (non-hydrogen) atoms. The van der Waals surface area contributed by atoms with Crippen LogP contribution in [0.3, 0.4) is 0 Å². The van der Waals surface area contributed by atoms with Gasteiger partial charge in [0.25, 0.3) is 0 Å². The molecule has 4 nitrogen and oxygen atoms in total. The van der Waals surface area contributed by atoms with Crippen LogP contribution in [0.5, 0.6) is 0 Å². The molecule has 0 aliphatic carbocycles. The minimum Gasteiger partial charge on any atom is -0.326 e. The highest BCUT2D eigenvalue weighted by atomic mass is 32.2. The molecule has 2 aromatic carbocycles. The fourth-order valence-electron chi connectivity index (χ4n) is 2.65. The van der Waals surface area contributed by atoms with Gasteiger partial charge in [0.05, 0.1) is 10.2 Å². The van der Waals surface area contributed by atoms with Crippen LogP contribution < -0.4 is 14.9 Å². The van der Waals surface area contributed by atoms with E-state index in [4.69, 9.17) is 0 Å². The lowest BCUT2D eigenvalue weighted by Gasteiger charge is -2.18. The van der Waals surface area contributed by atoms with Gasteiger partial charge in [-0.1, -0.05) is 17.4 Å². The maximum absolute atomic E-state index is 11.4. The lowest BCUT2D eigenvalue weighted by molar-refractivity contribution is 0.644. The van der Waals surface area contributed by atoms with E-state index >= 15 is 0 Å². The standard InChI is InChI=1S/C16H15N3OS2/c20-16-18-14-4-3-13(8-15(14)21-16)22-19-12-2-1-10-5-6-17-9-11(10)7-12/h1-4,7-8,17,19H,5-6,9H2,(H,18,20). The van der Waals surface area contributed by atoms with Crippen LogP contribution >= 0.6 is 23.3 Å². The molecule has 0 atom stereocenters. The van der Waals surface area contributed by atoms with Gasteiger partial charge < -0.3 is 15.0 Å². The third-order valence-corrected chi connectivity index (χ3v) is 5.44. The van der Waals surface area contributed by atoms with Crippen molar-refractivity contribution >= 4 is 39.2 Å². The number of thiazole rings is 1. The molecule has 0 bridgehead atoms. The second kappa shape index (κ2) is 5.79. The molecule has 0 radical (unpaired) electrons. The topological polar surface area (TPSA) is 56.9 Å². The maximum atomic E-state index is 11.4. The Morgan fingerprint density at radius 3 is 3.05 bits per heavy atom. The van der Waals surface area contributed by atoms with Gasteiger partial charge in [0, 0.05) is 17.1 Å². The molecular formula is C16H15N3OS2. The lowest BCUT2D eigenvalue weighted by atomic mass is 10.0. The highest BCUT2D eigenvalue weighted by molar-refractivity contribution is 8.00. The van der Waals surface area contributed by atoms with Crippen LogP contribution in [-0.4, -0.2) is 11.5 Å². The molecule has 2 heterocycles. The number of aromatic nitrogens is 1. The quantitative estimate of drug-likeness (QED) is 0.645. The number of aromatic amines is 1. The number of benzene rings is 2. The molecule has 3 N–H and O–H groups in total. The van der Waals surface area contributed by atoms with Gasteiger partial charge in [-0.15, -0.1) is 0 Å². The molecule has 1 aliphatic rings. The Morgan fingerprint density at radius 2 is 2.09 bits per heavy atom. The zero-order chi connectivity index (χ0) is 14.9. The Bertz CT molecular complexity index is 884. The van der Waals surface area contributed by atoms with Crippen molar-refractivity contribution in [3.63, 3.8) is 0 Å². The van der Waals surface area contributed by atoms with Gasteiger partial charge in [0.1, 0.15) is 0 Å². The summed E-state index contributed by atoms with van der Waals surface area (Å²) in [6.07, 6.45) is 1.10. The Labute approximate surface area is 136 Å². The largest absolute Gasteiger partial charge is 0.326 e. The average Bonchev–Trinajstić information content (AvgIpc) is 2.92. The molecule has 1 aliphatic heterocycles. The first-order chi connectivity index (χ1) is 10.8. The van der Waals surface area contributed by atoms with E-state index in [2.05, 4.69) is 33.2 Å². The van der Waals surface area contributed by atoms with Crippen molar-refractivity contribution < 1.29 is 0 Å². The van der Waals surface area contributed by atoms with E-state index in [0.717, 1.165) is 40.3 Å². The maximum Gasteiger partial charge on any atom is 0.305 e. The normalized spacial score (nSPS) is 14.0. The smallest absolute Gasteiger partial charge is 0.305 e. The number of rotatable bonds is 3. The molecule has 6 heteroatoms. The number of hydrogen-bond donors (Lipinski definition) is 3. The van der Waals surface area contributed by atoms with E-state index in [1.54, 1.807) is 11.9 Å². The molecule has 1 aromatic heterocycles. The summed E-state index contributed by atoms with van der Waals surface area (Å²) in [5, 5.41) is 3.40. The van der Waals surface area contributed by atoms with Gasteiger partial charge >= 0.3 is 4.87 Å². The van der Waals surface area contributed by atoms with Gasteiger partial charge in [-0.2, -0.15) is 0 Å². The Morgan fingerprint density at radius 1 is 1.14 bits per heavy atom. The molecular weight excluding hydrogens is 314 g/mol. The average molecular weight is 329 g/mol. The minimum atomic E-state index is -0.00713. The van der Waals surface area contributed by atoms with Crippen molar-refractivity contribution in [2.75, 3.05) is 11.3 Å². The minimum absolute atomic E-state index is 0.00713. The fraction of sp³-hybridized carbons (Fsp3) is 0.188. The second-order valence-electron chi connectivity index (χ2n) is 5.29. The molecule has 0 unspecified atom stereocenters. The van der Waals surface area contributed by atoms with Gasteiger partial charge in [-0.25, -0.2) is 0 Å². The number of anilines is 1. The highest BCUT2D eigenvalue weighted by Gasteiger charge is 2.09. The zero-order valence-corrected chi connectivity index (χ0v) is 13.4. The summed E-state index contributed by atoms with van der Waals surface area (Å²) in [4.78, 5) is 15.3. The Kier molecular flexibility index (Phi) is 3.65. The van der Waals surface area contributed by atoms with E-state index < -0.39 is 0 Å². The van der Waals surface area contributed by atoms with E-state index in [1.807, 2.05) is 18.2 Å². The van der Waals surface area contributed by atoms with Crippen LogP contribution in [0, 0.1) is 0 Å². The summed E-state index contributed by atoms with van der Waals surface area (Å²) in [6, 6.07) is 12.6. The van der Waals surface area contributed by atoms with Crippen LogP contribution in [0.2, 0.25) is 0 Å². The first-order valence-electron chi connectivity index (χ1n) is 7.16. The molecule has 0 amide bonds. The van der Waals surface area contributed by atoms with Crippen LogP contribution in [0.1, 0.15) is 11.1 Å². The summed E-state index contributed by atoms with van der Waals surface area (Å²) in [7, 11) is 0. The van der Waals surface area contributed by atoms with Gasteiger partial charge in [-0.05, 0) is 66.4 Å². The third-order valence-electron chi connectivity index (χ3n) is 3.77. The first-order valence-corrected chi connectivity index (χ1v) is 8.79. The predicted molar refractivity (Wildman–Crippen MR) is 93.8 cm³/mol. The molecule has 4 rings (SSSR count). The van der Waals surface area contributed by atoms with Crippen molar-refractivity contribution in [3.8, 4) is 0 Å². The van der Waals surface area contributed by atoms with Gasteiger partial charge in [-0.3, -0.25) is 4.79 Å². The summed E-state index contributed by atoms with van der Waals surface area (Å²) >= 11 is 2.81. The third kappa shape index (κ3) is 2.77. The molecule has 0 fully saturated rings. The van der Waals surface area contributed by atoms with E-state index in [-0.39, 0.29) is 4.87 Å². The number of H-pyrrole nitrogens is 1. The van der Waals surface area contributed by atoms with Gasteiger partial charge in [0.15, 0.2) is 0 Å². The van der Waals surface area contributed by atoms with Crippen LogP contribution in [0.4, 0.5) is 5.69 Å². The summed E-state index contributed by atoms with van der Waals surface area (Å²) in [5.41, 5.74) is 4.82. The molecule has 0 saturated carbocycles. The number of nitrogens with one attached hydrogen (secondary N) is 3. The number of fused-ring (bicyclic) bond motifs is 2. The van der Waals surface area contributed by atoms with E-state index in [0.29, 0.717) is 0 Å². The fourth-order valence-corrected chi connectivity index (χ4v) is 4.18. The van der Waals surface area contributed by atoms with Gasteiger partial charge in [0.2, 0.25) is 0 Å². The van der Waals surface area contributed by atoms with Crippen molar-refractivity contribution in [2.45, 2.75) is 17.9 Å². The first kappa shape index (κ1) is 13.9. The molecule has 0 saturated heterocycles. The summed E-state index contributed by atoms with van der Waals surface area (Å²) < 4.78 is 4.38. The van der Waals surface area contributed by atoms with Crippen molar-refractivity contribution in [1.29, 1.82) is 0 Å². The SMILES string of the molecule is O=c1[nH]c2ccc(SNc3ccc4c(c3)CNCC4)cc2s1. The molecule has 0 spiro atoms.